The summed E-state index contributed by atoms with van der Waals surface area (Å²) in [6.07, 6.45) is 9.12. The standard InChI is InChI=1S/C17H21NO/c1-2-14-7-3-4-10-17(14,19)16-8-5-6-13-12-18-11-9-15(13)16/h5-6,8-9,11-12,14,19H,2-4,7,10H2,1H3. The molecule has 19 heavy (non-hydrogen) atoms. The van der Waals surface area contributed by atoms with Crippen molar-refractivity contribution < 1.29 is 5.11 Å². The number of hydrogen-bond donors (Lipinski definition) is 1. The average molecular weight is 255 g/mol. The molecule has 1 N–H and O–H groups in total. The molecule has 1 aliphatic carbocycles. The smallest absolute Gasteiger partial charge is 0.0930 e. The van der Waals surface area contributed by atoms with E-state index in [2.05, 4.69) is 24.0 Å². The van der Waals surface area contributed by atoms with E-state index in [0.717, 1.165) is 42.0 Å². The zero-order chi connectivity index (χ0) is 13.3. The summed E-state index contributed by atoms with van der Waals surface area (Å²) < 4.78 is 0. The minimum atomic E-state index is -0.659. The predicted octanol–water partition coefficient (Wildman–Crippen LogP) is 4.02. The van der Waals surface area contributed by atoms with Crippen LogP contribution in [-0.2, 0) is 5.60 Å². The van der Waals surface area contributed by atoms with Crippen molar-refractivity contribution in [2.45, 2.75) is 44.6 Å². The Morgan fingerprint density at radius 3 is 3.05 bits per heavy atom. The Morgan fingerprint density at radius 1 is 1.32 bits per heavy atom. The number of pyridine rings is 1. The molecule has 1 aliphatic rings. The van der Waals surface area contributed by atoms with Crippen LogP contribution in [0, 0.1) is 5.92 Å². The maximum atomic E-state index is 11.3. The van der Waals surface area contributed by atoms with Crippen LogP contribution in [0.4, 0.5) is 0 Å². The molecule has 3 rings (SSSR count). The number of fused-ring (bicyclic) bond motifs is 1. The van der Waals surface area contributed by atoms with Gasteiger partial charge in [-0.05, 0) is 35.8 Å². The first-order valence-corrected chi connectivity index (χ1v) is 7.31. The molecule has 2 heteroatoms. The average Bonchev–Trinajstić information content (AvgIpc) is 2.47. The highest BCUT2D eigenvalue weighted by atomic mass is 16.3. The minimum Gasteiger partial charge on any atom is -0.385 e. The minimum absolute atomic E-state index is 0.375. The third-order valence-electron chi connectivity index (χ3n) is 4.68. The molecular weight excluding hydrogens is 234 g/mol. The third kappa shape index (κ3) is 2.04. The quantitative estimate of drug-likeness (QED) is 0.879. The van der Waals surface area contributed by atoms with Gasteiger partial charge in [0.25, 0.3) is 0 Å². The molecule has 100 valence electrons. The van der Waals surface area contributed by atoms with Gasteiger partial charge < -0.3 is 5.11 Å². The van der Waals surface area contributed by atoms with E-state index in [1.165, 1.54) is 6.42 Å². The van der Waals surface area contributed by atoms with Crippen LogP contribution < -0.4 is 0 Å². The van der Waals surface area contributed by atoms with Crippen LogP contribution in [0.5, 0.6) is 0 Å². The number of benzene rings is 1. The molecule has 1 aromatic heterocycles. The van der Waals surface area contributed by atoms with Crippen LogP contribution in [0.25, 0.3) is 10.8 Å². The van der Waals surface area contributed by atoms with Crippen molar-refractivity contribution in [3.63, 3.8) is 0 Å². The van der Waals surface area contributed by atoms with E-state index >= 15 is 0 Å². The Kier molecular flexibility index (Phi) is 3.28. The lowest BCUT2D eigenvalue weighted by molar-refractivity contribution is -0.0545. The highest BCUT2D eigenvalue weighted by Crippen LogP contribution is 2.45. The van der Waals surface area contributed by atoms with Crippen LogP contribution in [0.2, 0.25) is 0 Å². The zero-order valence-corrected chi connectivity index (χ0v) is 11.5. The fraction of sp³-hybridized carbons (Fsp3) is 0.471. The summed E-state index contributed by atoms with van der Waals surface area (Å²) in [4.78, 5) is 4.18. The van der Waals surface area contributed by atoms with E-state index in [1.807, 2.05) is 24.5 Å². The first-order valence-electron chi connectivity index (χ1n) is 7.31. The second-order valence-corrected chi connectivity index (χ2v) is 5.68. The molecule has 0 aliphatic heterocycles. The monoisotopic (exact) mass is 255 g/mol. The maximum Gasteiger partial charge on any atom is 0.0930 e. The molecule has 2 nitrogen and oxygen atoms in total. The Balaban J connectivity index is 2.16. The summed E-state index contributed by atoms with van der Waals surface area (Å²) in [5.74, 6) is 0.375. The van der Waals surface area contributed by atoms with E-state index in [1.54, 1.807) is 0 Å². The predicted molar refractivity (Wildman–Crippen MR) is 77.9 cm³/mol. The summed E-state index contributed by atoms with van der Waals surface area (Å²) in [5, 5.41) is 13.6. The van der Waals surface area contributed by atoms with Gasteiger partial charge in [-0.25, -0.2) is 0 Å². The van der Waals surface area contributed by atoms with Crippen molar-refractivity contribution in [2.75, 3.05) is 0 Å². The fourth-order valence-electron chi connectivity index (χ4n) is 3.62. The normalized spacial score (nSPS) is 27.6. The van der Waals surface area contributed by atoms with Gasteiger partial charge in [0.1, 0.15) is 0 Å². The topological polar surface area (TPSA) is 33.1 Å². The van der Waals surface area contributed by atoms with E-state index in [-0.39, 0.29) is 0 Å². The van der Waals surface area contributed by atoms with Gasteiger partial charge in [0.05, 0.1) is 5.60 Å². The molecule has 2 aromatic rings. The molecule has 1 aromatic carbocycles. The lowest BCUT2D eigenvalue weighted by Gasteiger charge is -2.40. The first-order chi connectivity index (χ1) is 9.25. The second kappa shape index (κ2) is 4.93. The Labute approximate surface area is 114 Å². The van der Waals surface area contributed by atoms with Gasteiger partial charge in [-0.3, -0.25) is 4.98 Å². The lowest BCUT2D eigenvalue weighted by atomic mass is 9.69. The Bertz CT molecular complexity index is 575. The van der Waals surface area contributed by atoms with Gasteiger partial charge in [0.2, 0.25) is 0 Å². The van der Waals surface area contributed by atoms with Crippen molar-refractivity contribution in [3.8, 4) is 0 Å². The Morgan fingerprint density at radius 2 is 2.21 bits per heavy atom. The highest BCUT2D eigenvalue weighted by Gasteiger charge is 2.40. The van der Waals surface area contributed by atoms with Gasteiger partial charge in [-0.1, -0.05) is 44.4 Å². The molecule has 2 unspecified atom stereocenters. The highest BCUT2D eigenvalue weighted by molar-refractivity contribution is 5.85. The number of rotatable bonds is 2. The summed E-state index contributed by atoms with van der Waals surface area (Å²) >= 11 is 0. The van der Waals surface area contributed by atoms with Gasteiger partial charge in [-0.15, -0.1) is 0 Å². The molecule has 0 bridgehead atoms. The fourth-order valence-corrected chi connectivity index (χ4v) is 3.62. The van der Waals surface area contributed by atoms with Crippen molar-refractivity contribution in [1.82, 2.24) is 4.98 Å². The van der Waals surface area contributed by atoms with Crippen LogP contribution in [0.15, 0.2) is 36.7 Å². The van der Waals surface area contributed by atoms with Gasteiger partial charge in [0, 0.05) is 17.8 Å². The molecule has 0 radical (unpaired) electrons. The van der Waals surface area contributed by atoms with Crippen molar-refractivity contribution in [3.05, 3.63) is 42.2 Å². The van der Waals surface area contributed by atoms with Crippen molar-refractivity contribution in [1.29, 1.82) is 0 Å². The SMILES string of the molecule is CCC1CCCCC1(O)c1cccc2cnccc12. The van der Waals surface area contributed by atoms with E-state index < -0.39 is 5.60 Å². The van der Waals surface area contributed by atoms with E-state index in [4.69, 9.17) is 0 Å². The summed E-state index contributed by atoms with van der Waals surface area (Å²) in [7, 11) is 0. The Hall–Kier alpha value is -1.41. The molecule has 1 fully saturated rings. The second-order valence-electron chi connectivity index (χ2n) is 5.68. The number of nitrogens with zero attached hydrogens (tertiary/aromatic N) is 1. The maximum absolute atomic E-state index is 11.3. The molecule has 1 heterocycles. The largest absolute Gasteiger partial charge is 0.385 e. The molecule has 2 atom stereocenters. The van der Waals surface area contributed by atoms with Crippen LogP contribution >= 0.6 is 0 Å². The summed E-state index contributed by atoms with van der Waals surface area (Å²) in [5.41, 5.74) is 0.437. The molecule has 1 saturated carbocycles. The lowest BCUT2D eigenvalue weighted by Crippen LogP contribution is -2.37. The van der Waals surface area contributed by atoms with Gasteiger partial charge >= 0.3 is 0 Å². The summed E-state index contributed by atoms with van der Waals surface area (Å²) in [6, 6.07) is 8.23. The zero-order valence-electron chi connectivity index (χ0n) is 11.5. The third-order valence-corrected chi connectivity index (χ3v) is 4.68. The number of aliphatic hydroxyl groups is 1. The molecule has 0 spiro atoms. The summed E-state index contributed by atoms with van der Waals surface area (Å²) in [6.45, 7) is 2.19. The molecule has 0 amide bonds. The molecule has 0 saturated heterocycles. The first kappa shape index (κ1) is 12.6. The van der Waals surface area contributed by atoms with Crippen LogP contribution in [-0.4, -0.2) is 10.1 Å². The number of aromatic nitrogens is 1. The van der Waals surface area contributed by atoms with E-state index in [9.17, 15) is 5.11 Å². The van der Waals surface area contributed by atoms with Crippen molar-refractivity contribution in [2.24, 2.45) is 5.92 Å². The van der Waals surface area contributed by atoms with E-state index in [0.29, 0.717) is 5.92 Å². The van der Waals surface area contributed by atoms with Crippen LogP contribution in [0.1, 0.15) is 44.6 Å². The van der Waals surface area contributed by atoms with Gasteiger partial charge in [-0.2, -0.15) is 0 Å². The van der Waals surface area contributed by atoms with Gasteiger partial charge in [0.15, 0.2) is 0 Å². The number of hydrogen-bond acceptors (Lipinski definition) is 2. The molecular formula is C17H21NO. The van der Waals surface area contributed by atoms with Crippen molar-refractivity contribution >= 4 is 10.8 Å². The van der Waals surface area contributed by atoms with Crippen LogP contribution in [0.3, 0.4) is 0 Å².